The van der Waals surface area contributed by atoms with E-state index in [1.807, 2.05) is 12.5 Å². The normalized spacial score (nSPS) is 13.0. The van der Waals surface area contributed by atoms with Crippen molar-refractivity contribution in [1.82, 2.24) is 9.55 Å². The van der Waals surface area contributed by atoms with E-state index in [-0.39, 0.29) is 0 Å². The summed E-state index contributed by atoms with van der Waals surface area (Å²) < 4.78 is 2.08. The summed E-state index contributed by atoms with van der Waals surface area (Å²) in [7, 11) is 0. The average Bonchev–Trinajstić information content (AvgIpc) is 2.69. The monoisotopic (exact) mass is 196 g/mol. The van der Waals surface area contributed by atoms with Gasteiger partial charge in [-0.15, -0.1) is 0 Å². The zero-order chi connectivity index (χ0) is 10.2. The van der Waals surface area contributed by atoms with Crippen LogP contribution in [-0.2, 0) is 6.54 Å². The SMILES string of the molecule is CCC[C@H](CO)CCCn1ccnc1. The van der Waals surface area contributed by atoms with Crippen molar-refractivity contribution < 1.29 is 5.11 Å². The average molecular weight is 196 g/mol. The first-order valence-corrected chi connectivity index (χ1v) is 5.43. The predicted octanol–water partition coefficient (Wildman–Crippen LogP) is 2.07. The third-order valence-electron chi connectivity index (χ3n) is 2.54. The molecule has 80 valence electrons. The maximum absolute atomic E-state index is 9.10. The Labute approximate surface area is 85.8 Å². The van der Waals surface area contributed by atoms with Crippen LogP contribution in [0.5, 0.6) is 0 Å². The molecule has 1 atom stereocenters. The molecule has 0 saturated heterocycles. The van der Waals surface area contributed by atoms with Crippen LogP contribution in [0.25, 0.3) is 0 Å². The number of hydrogen-bond donors (Lipinski definition) is 1. The van der Waals surface area contributed by atoms with Gasteiger partial charge in [0, 0.05) is 25.5 Å². The Morgan fingerprint density at radius 2 is 2.29 bits per heavy atom. The lowest BCUT2D eigenvalue weighted by Gasteiger charge is -2.12. The molecule has 0 bridgehead atoms. The van der Waals surface area contributed by atoms with Crippen LogP contribution >= 0.6 is 0 Å². The zero-order valence-corrected chi connectivity index (χ0v) is 8.89. The highest BCUT2D eigenvalue weighted by atomic mass is 16.3. The molecule has 0 saturated carbocycles. The van der Waals surface area contributed by atoms with Gasteiger partial charge in [-0.05, 0) is 25.2 Å². The molecule has 0 amide bonds. The van der Waals surface area contributed by atoms with Crippen LogP contribution in [0.2, 0.25) is 0 Å². The first kappa shape index (κ1) is 11.2. The molecular formula is C11H20N2O. The van der Waals surface area contributed by atoms with Crippen LogP contribution in [0, 0.1) is 5.92 Å². The van der Waals surface area contributed by atoms with E-state index in [0.717, 1.165) is 32.2 Å². The largest absolute Gasteiger partial charge is 0.396 e. The quantitative estimate of drug-likeness (QED) is 0.725. The Morgan fingerprint density at radius 1 is 1.43 bits per heavy atom. The van der Waals surface area contributed by atoms with Gasteiger partial charge in [0.2, 0.25) is 0 Å². The van der Waals surface area contributed by atoms with Gasteiger partial charge in [-0.2, -0.15) is 0 Å². The molecular weight excluding hydrogens is 176 g/mol. The summed E-state index contributed by atoms with van der Waals surface area (Å²) in [6.07, 6.45) is 10.2. The number of aryl methyl sites for hydroxylation is 1. The van der Waals surface area contributed by atoms with Crippen molar-refractivity contribution in [3.05, 3.63) is 18.7 Å². The minimum Gasteiger partial charge on any atom is -0.396 e. The Kier molecular flexibility index (Phi) is 5.30. The Bertz CT molecular complexity index is 221. The zero-order valence-electron chi connectivity index (χ0n) is 8.89. The van der Waals surface area contributed by atoms with Gasteiger partial charge >= 0.3 is 0 Å². The van der Waals surface area contributed by atoms with Crippen LogP contribution in [0.1, 0.15) is 32.6 Å². The summed E-state index contributed by atoms with van der Waals surface area (Å²) >= 11 is 0. The lowest BCUT2D eigenvalue weighted by atomic mass is 9.99. The molecule has 1 aromatic rings. The maximum Gasteiger partial charge on any atom is 0.0945 e. The topological polar surface area (TPSA) is 38.0 Å². The summed E-state index contributed by atoms with van der Waals surface area (Å²) in [6, 6.07) is 0. The van der Waals surface area contributed by atoms with Crippen molar-refractivity contribution in [2.24, 2.45) is 5.92 Å². The molecule has 1 aromatic heterocycles. The molecule has 0 radical (unpaired) electrons. The van der Waals surface area contributed by atoms with Crippen LogP contribution in [-0.4, -0.2) is 21.3 Å². The van der Waals surface area contributed by atoms with E-state index < -0.39 is 0 Å². The van der Waals surface area contributed by atoms with Gasteiger partial charge in [-0.1, -0.05) is 13.3 Å². The van der Waals surface area contributed by atoms with E-state index in [9.17, 15) is 0 Å². The first-order valence-electron chi connectivity index (χ1n) is 5.43. The Hall–Kier alpha value is -0.830. The van der Waals surface area contributed by atoms with Crippen LogP contribution in [0.15, 0.2) is 18.7 Å². The molecule has 1 rings (SSSR count). The van der Waals surface area contributed by atoms with Crippen molar-refractivity contribution >= 4 is 0 Å². The summed E-state index contributed by atoms with van der Waals surface area (Å²) in [6.45, 7) is 3.51. The third kappa shape index (κ3) is 3.92. The molecule has 0 fully saturated rings. The van der Waals surface area contributed by atoms with Gasteiger partial charge in [0.1, 0.15) is 0 Å². The van der Waals surface area contributed by atoms with Crippen molar-refractivity contribution in [1.29, 1.82) is 0 Å². The van der Waals surface area contributed by atoms with E-state index in [2.05, 4.69) is 16.5 Å². The molecule has 3 heteroatoms. The fraction of sp³-hybridized carbons (Fsp3) is 0.727. The second-order valence-corrected chi connectivity index (χ2v) is 3.78. The number of aliphatic hydroxyl groups excluding tert-OH is 1. The second kappa shape index (κ2) is 6.60. The lowest BCUT2D eigenvalue weighted by Crippen LogP contribution is -2.07. The van der Waals surface area contributed by atoms with Gasteiger partial charge in [-0.25, -0.2) is 4.98 Å². The van der Waals surface area contributed by atoms with E-state index in [0.29, 0.717) is 12.5 Å². The number of aliphatic hydroxyl groups is 1. The van der Waals surface area contributed by atoms with Gasteiger partial charge in [-0.3, -0.25) is 0 Å². The second-order valence-electron chi connectivity index (χ2n) is 3.78. The molecule has 0 aliphatic rings. The molecule has 0 spiro atoms. The molecule has 3 nitrogen and oxygen atoms in total. The summed E-state index contributed by atoms with van der Waals surface area (Å²) in [5.74, 6) is 0.489. The highest BCUT2D eigenvalue weighted by molar-refractivity contribution is 4.73. The number of imidazole rings is 1. The van der Waals surface area contributed by atoms with E-state index in [1.165, 1.54) is 0 Å². The van der Waals surface area contributed by atoms with Gasteiger partial charge in [0.15, 0.2) is 0 Å². The van der Waals surface area contributed by atoms with Crippen molar-refractivity contribution in [3.8, 4) is 0 Å². The molecule has 0 aliphatic carbocycles. The first-order chi connectivity index (χ1) is 6.86. The third-order valence-corrected chi connectivity index (χ3v) is 2.54. The van der Waals surface area contributed by atoms with Crippen LogP contribution in [0.3, 0.4) is 0 Å². The number of nitrogens with zero attached hydrogens (tertiary/aromatic N) is 2. The van der Waals surface area contributed by atoms with E-state index in [4.69, 9.17) is 5.11 Å². The molecule has 0 aliphatic heterocycles. The Balaban J connectivity index is 2.13. The summed E-state index contributed by atoms with van der Waals surface area (Å²) in [5.41, 5.74) is 0. The predicted molar refractivity (Wildman–Crippen MR) is 56.9 cm³/mol. The van der Waals surface area contributed by atoms with Crippen LogP contribution < -0.4 is 0 Å². The fourth-order valence-corrected chi connectivity index (χ4v) is 1.72. The molecule has 0 unspecified atom stereocenters. The summed E-state index contributed by atoms with van der Waals surface area (Å²) in [5, 5.41) is 9.10. The van der Waals surface area contributed by atoms with Gasteiger partial charge < -0.3 is 9.67 Å². The number of aromatic nitrogens is 2. The smallest absolute Gasteiger partial charge is 0.0945 e. The maximum atomic E-state index is 9.10. The number of rotatable bonds is 7. The van der Waals surface area contributed by atoms with Crippen molar-refractivity contribution in [2.45, 2.75) is 39.2 Å². The Morgan fingerprint density at radius 3 is 2.86 bits per heavy atom. The van der Waals surface area contributed by atoms with E-state index >= 15 is 0 Å². The lowest BCUT2D eigenvalue weighted by molar-refractivity contribution is 0.206. The standard InChI is InChI=1S/C11H20N2O/c1-2-4-11(9-14)5-3-7-13-8-6-12-10-13/h6,8,10-11,14H,2-5,7,9H2,1H3/t11-/m0/s1. The van der Waals surface area contributed by atoms with Gasteiger partial charge in [0.05, 0.1) is 6.33 Å². The highest BCUT2D eigenvalue weighted by Gasteiger charge is 2.05. The minimum atomic E-state index is 0.331. The van der Waals surface area contributed by atoms with Crippen molar-refractivity contribution in [3.63, 3.8) is 0 Å². The minimum absolute atomic E-state index is 0.331. The highest BCUT2D eigenvalue weighted by Crippen LogP contribution is 2.13. The summed E-state index contributed by atoms with van der Waals surface area (Å²) in [4.78, 5) is 3.99. The van der Waals surface area contributed by atoms with E-state index in [1.54, 1.807) is 6.20 Å². The fourth-order valence-electron chi connectivity index (χ4n) is 1.72. The number of hydrogen-bond acceptors (Lipinski definition) is 2. The van der Waals surface area contributed by atoms with Crippen LogP contribution in [0.4, 0.5) is 0 Å². The molecule has 1 heterocycles. The van der Waals surface area contributed by atoms with Gasteiger partial charge in [0.25, 0.3) is 0 Å². The molecule has 1 N–H and O–H groups in total. The molecule has 0 aromatic carbocycles. The van der Waals surface area contributed by atoms with Crippen molar-refractivity contribution in [2.75, 3.05) is 6.61 Å². The molecule has 14 heavy (non-hydrogen) atoms.